The summed E-state index contributed by atoms with van der Waals surface area (Å²) < 4.78 is 33.8. The molecule has 1 amide bonds. The molecular weight excluding hydrogens is 452 g/mol. The predicted octanol–water partition coefficient (Wildman–Crippen LogP) is 6.50. The average Bonchev–Trinajstić information content (AvgIpc) is 3.09. The minimum absolute atomic E-state index is 0.107. The van der Waals surface area contributed by atoms with E-state index in [1.807, 2.05) is 32.0 Å². The summed E-state index contributed by atoms with van der Waals surface area (Å²) in [4.78, 5) is 18.5. The minimum atomic E-state index is -3.03. The Balaban J connectivity index is 1.94. The number of amides is 1. The Kier molecular flexibility index (Phi) is 7.39. The molecule has 6 nitrogen and oxygen atoms in total. The lowest BCUT2D eigenvalue weighted by Crippen LogP contribution is -2.27. The normalized spacial score (nSPS) is 11.7. The molecule has 0 aliphatic rings. The van der Waals surface area contributed by atoms with Gasteiger partial charge >= 0.3 is 6.55 Å². The number of carbonyl (C=O) groups excluding carboxylic acids is 1. The summed E-state index contributed by atoms with van der Waals surface area (Å²) in [6, 6.07) is 12.1. The molecule has 1 N–H and O–H groups in total. The van der Waals surface area contributed by atoms with Crippen LogP contribution in [0, 0.1) is 13.8 Å². The van der Waals surface area contributed by atoms with E-state index in [0.29, 0.717) is 9.70 Å². The highest BCUT2D eigenvalue weighted by atomic mass is 35.5. The highest BCUT2D eigenvalue weighted by Crippen LogP contribution is 2.37. The second-order valence-electron chi connectivity index (χ2n) is 8.71. The van der Waals surface area contributed by atoms with Crippen molar-refractivity contribution in [1.82, 2.24) is 15.3 Å². The predicted molar refractivity (Wildman–Crippen MR) is 122 cm³/mol. The van der Waals surface area contributed by atoms with Crippen LogP contribution in [0.4, 0.5) is 8.78 Å². The summed E-state index contributed by atoms with van der Waals surface area (Å²) in [7, 11) is 0. The van der Waals surface area contributed by atoms with Gasteiger partial charge in [0.1, 0.15) is 17.9 Å². The maximum atomic E-state index is 13.8. The third-order valence-electron chi connectivity index (χ3n) is 4.89. The second-order valence-corrected chi connectivity index (χ2v) is 9.15. The SMILES string of the molecule is Cc1ccc(CONC(=O)c2c(C(C)(C)C)nn(C(F)F)c2Oc2cccc(Cl)c2)c(C)c1. The number of hydrogen-bond acceptors (Lipinski definition) is 4. The number of benzene rings is 2. The molecule has 176 valence electrons. The Hall–Kier alpha value is -2.97. The van der Waals surface area contributed by atoms with Crippen LogP contribution in [-0.2, 0) is 16.9 Å². The van der Waals surface area contributed by atoms with Crippen LogP contribution in [0.25, 0.3) is 0 Å². The summed E-state index contributed by atoms with van der Waals surface area (Å²) in [5.41, 5.74) is 4.63. The zero-order valence-electron chi connectivity index (χ0n) is 19.1. The van der Waals surface area contributed by atoms with Crippen molar-refractivity contribution in [3.8, 4) is 11.6 Å². The number of aromatic nitrogens is 2. The van der Waals surface area contributed by atoms with Gasteiger partial charge < -0.3 is 4.74 Å². The summed E-state index contributed by atoms with van der Waals surface area (Å²) >= 11 is 5.99. The molecule has 0 spiro atoms. The maximum Gasteiger partial charge on any atom is 0.336 e. The van der Waals surface area contributed by atoms with Crippen molar-refractivity contribution in [3.63, 3.8) is 0 Å². The Morgan fingerprint density at radius 2 is 1.91 bits per heavy atom. The quantitative estimate of drug-likeness (QED) is 0.394. The average molecular weight is 478 g/mol. The van der Waals surface area contributed by atoms with Crippen LogP contribution in [0.15, 0.2) is 42.5 Å². The zero-order chi connectivity index (χ0) is 24.3. The second kappa shape index (κ2) is 9.89. The van der Waals surface area contributed by atoms with Crippen molar-refractivity contribution in [2.24, 2.45) is 0 Å². The van der Waals surface area contributed by atoms with E-state index in [2.05, 4.69) is 10.6 Å². The summed E-state index contributed by atoms with van der Waals surface area (Å²) in [5.74, 6) is -0.951. The van der Waals surface area contributed by atoms with Crippen LogP contribution in [0.5, 0.6) is 11.6 Å². The number of aryl methyl sites for hydroxylation is 2. The lowest BCUT2D eigenvalue weighted by Gasteiger charge is -2.17. The van der Waals surface area contributed by atoms with E-state index < -0.39 is 23.8 Å². The first-order valence-electron chi connectivity index (χ1n) is 10.3. The first kappa shape index (κ1) is 24.7. The van der Waals surface area contributed by atoms with Crippen LogP contribution in [0.3, 0.4) is 0 Å². The van der Waals surface area contributed by atoms with Crippen LogP contribution in [-0.4, -0.2) is 15.7 Å². The van der Waals surface area contributed by atoms with E-state index in [-0.39, 0.29) is 23.6 Å². The topological polar surface area (TPSA) is 65.4 Å². The Morgan fingerprint density at radius 3 is 2.52 bits per heavy atom. The Labute approximate surface area is 196 Å². The van der Waals surface area contributed by atoms with Gasteiger partial charge in [-0.3, -0.25) is 9.63 Å². The van der Waals surface area contributed by atoms with Gasteiger partial charge in [0.25, 0.3) is 5.91 Å². The molecule has 33 heavy (non-hydrogen) atoms. The van der Waals surface area contributed by atoms with E-state index in [1.165, 1.54) is 6.07 Å². The van der Waals surface area contributed by atoms with Crippen LogP contribution >= 0.6 is 11.6 Å². The van der Waals surface area contributed by atoms with Crippen molar-refractivity contribution < 1.29 is 23.1 Å². The molecule has 0 aliphatic carbocycles. The number of carbonyl (C=O) groups is 1. The van der Waals surface area contributed by atoms with E-state index >= 15 is 0 Å². The van der Waals surface area contributed by atoms with Crippen molar-refractivity contribution in [1.29, 1.82) is 0 Å². The number of rotatable bonds is 7. The van der Waals surface area contributed by atoms with Gasteiger partial charge in [-0.05, 0) is 43.2 Å². The van der Waals surface area contributed by atoms with Gasteiger partial charge in [-0.1, -0.05) is 62.2 Å². The lowest BCUT2D eigenvalue weighted by atomic mass is 9.89. The molecule has 3 rings (SSSR count). The van der Waals surface area contributed by atoms with E-state index in [9.17, 15) is 13.6 Å². The van der Waals surface area contributed by atoms with E-state index in [0.717, 1.165) is 16.7 Å². The monoisotopic (exact) mass is 477 g/mol. The molecule has 0 saturated carbocycles. The number of alkyl halides is 2. The molecule has 9 heteroatoms. The fourth-order valence-electron chi connectivity index (χ4n) is 3.26. The molecule has 0 atom stereocenters. The number of hydrogen-bond donors (Lipinski definition) is 1. The van der Waals surface area contributed by atoms with Gasteiger partial charge in [0.15, 0.2) is 0 Å². The zero-order valence-corrected chi connectivity index (χ0v) is 19.8. The third kappa shape index (κ3) is 5.89. The number of nitrogens with one attached hydrogen (secondary N) is 1. The smallest absolute Gasteiger partial charge is 0.336 e. The van der Waals surface area contributed by atoms with Crippen molar-refractivity contribution in [2.45, 2.75) is 53.2 Å². The van der Waals surface area contributed by atoms with Crippen molar-refractivity contribution in [3.05, 3.63) is 75.4 Å². The largest absolute Gasteiger partial charge is 0.438 e. The van der Waals surface area contributed by atoms with Gasteiger partial charge in [0.05, 0.1) is 5.69 Å². The fraction of sp³-hybridized carbons (Fsp3) is 0.333. The first-order valence-corrected chi connectivity index (χ1v) is 10.7. The molecule has 0 radical (unpaired) electrons. The van der Waals surface area contributed by atoms with Gasteiger partial charge in [-0.15, -0.1) is 0 Å². The van der Waals surface area contributed by atoms with Crippen molar-refractivity contribution in [2.75, 3.05) is 0 Å². The van der Waals surface area contributed by atoms with E-state index in [1.54, 1.807) is 39.0 Å². The Bertz CT molecular complexity index is 1160. The highest BCUT2D eigenvalue weighted by Gasteiger charge is 2.34. The molecule has 2 aromatic carbocycles. The van der Waals surface area contributed by atoms with Crippen LogP contribution in [0.1, 0.15) is 60.1 Å². The molecule has 3 aromatic rings. The number of ether oxygens (including phenoxy) is 1. The molecule has 0 unspecified atom stereocenters. The highest BCUT2D eigenvalue weighted by molar-refractivity contribution is 6.30. The number of halogens is 3. The van der Waals surface area contributed by atoms with Crippen molar-refractivity contribution >= 4 is 17.5 Å². The maximum absolute atomic E-state index is 13.8. The van der Waals surface area contributed by atoms with Gasteiger partial charge in [0, 0.05) is 10.4 Å². The van der Waals surface area contributed by atoms with E-state index in [4.69, 9.17) is 21.2 Å². The molecule has 0 bridgehead atoms. The summed E-state index contributed by atoms with van der Waals surface area (Å²) in [6.45, 7) is 6.30. The van der Waals surface area contributed by atoms with Crippen LogP contribution in [0.2, 0.25) is 5.02 Å². The molecule has 1 aromatic heterocycles. The lowest BCUT2D eigenvalue weighted by molar-refractivity contribution is 0.0226. The fourth-order valence-corrected chi connectivity index (χ4v) is 3.44. The molecule has 0 fully saturated rings. The van der Waals surface area contributed by atoms with Gasteiger partial charge in [0.2, 0.25) is 5.88 Å². The molecule has 0 saturated heterocycles. The van der Waals surface area contributed by atoms with Crippen LogP contribution < -0.4 is 10.2 Å². The molecule has 1 heterocycles. The number of nitrogens with zero attached hydrogens (tertiary/aromatic N) is 2. The first-order chi connectivity index (χ1) is 15.5. The standard InChI is InChI=1S/C24H26ClF2N3O3/c1-14-9-10-16(15(2)11-14)13-32-29-21(31)19-20(24(3,4)5)28-30(23(26)27)22(19)33-18-8-6-7-17(25)12-18/h6-12,23H,13H2,1-5H3,(H,29,31). The molecular formula is C24H26ClF2N3O3. The minimum Gasteiger partial charge on any atom is -0.438 e. The summed E-state index contributed by atoms with van der Waals surface area (Å²) in [5, 5.41) is 4.36. The summed E-state index contributed by atoms with van der Waals surface area (Å²) in [6.07, 6.45) is 0. The Morgan fingerprint density at radius 1 is 1.18 bits per heavy atom. The molecule has 0 aliphatic heterocycles. The third-order valence-corrected chi connectivity index (χ3v) is 5.13. The van der Waals surface area contributed by atoms with Gasteiger partial charge in [-0.25, -0.2) is 5.48 Å². The number of hydroxylamine groups is 1. The van der Waals surface area contributed by atoms with Gasteiger partial charge in [-0.2, -0.15) is 18.6 Å².